The Morgan fingerprint density at radius 2 is 1.96 bits per heavy atom. The Balaban J connectivity index is 1.70. The number of hydrogen-bond donors (Lipinski definition) is 2. The zero-order valence-electron chi connectivity index (χ0n) is 12.9. The van der Waals surface area contributed by atoms with Crippen molar-refractivity contribution in [1.29, 1.82) is 0 Å². The maximum absolute atomic E-state index is 12.3. The number of nitrogens with one attached hydrogen (secondary N) is 2. The summed E-state index contributed by atoms with van der Waals surface area (Å²) in [5.41, 5.74) is 1.34. The molecule has 1 unspecified atom stereocenters. The van der Waals surface area contributed by atoms with E-state index in [0.29, 0.717) is 40.4 Å². The third-order valence-electron chi connectivity index (χ3n) is 3.59. The van der Waals surface area contributed by atoms with E-state index < -0.39 is 0 Å². The number of anilines is 1. The highest BCUT2D eigenvalue weighted by atomic mass is 35.5. The van der Waals surface area contributed by atoms with Gasteiger partial charge in [0.15, 0.2) is 11.5 Å². The first-order valence-corrected chi connectivity index (χ1v) is 8.21. The number of ether oxygens (including phenoxy) is 2. The van der Waals surface area contributed by atoms with E-state index in [9.17, 15) is 4.79 Å². The van der Waals surface area contributed by atoms with Gasteiger partial charge in [0.25, 0.3) is 0 Å². The summed E-state index contributed by atoms with van der Waals surface area (Å²) in [5.74, 6) is 1.16. The van der Waals surface area contributed by atoms with E-state index >= 15 is 0 Å². The van der Waals surface area contributed by atoms with Crippen LogP contribution in [0.3, 0.4) is 0 Å². The van der Waals surface area contributed by atoms with Crippen LogP contribution in [0, 0.1) is 0 Å². The number of urea groups is 1. The first kappa shape index (κ1) is 16.7. The molecule has 0 fully saturated rings. The number of amides is 2. The zero-order valence-corrected chi connectivity index (χ0v) is 14.4. The molecule has 0 bridgehead atoms. The summed E-state index contributed by atoms with van der Waals surface area (Å²) >= 11 is 12.1. The molecular weight excluding hydrogens is 351 g/mol. The molecule has 0 aromatic heterocycles. The minimum atomic E-state index is -0.365. The molecule has 0 saturated heterocycles. The van der Waals surface area contributed by atoms with Gasteiger partial charge in [-0.1, -0.05) is 35.3 Å². The summed E-state index contributed by atoms with van der Waals surface area (Å²) in [6.45, 7) is 2.79. The van der Waals surface area contributed by atoms with Crippen LogP contribution in [0.5, 0.6) is 11.5 Å². The van der Waals surface area contributed by atoms with Gasteiger partial charge in [0, 0.05) is 10.0 Å². The van der Waals surface area contributed by atoms with Crippen LogP contribution in [0.4, 0.5) is 10.5 Å². The van der Waals surface area contributed by atoms with Crippen molar-refractivity contribution in [2.24, 2.45) is 0 Å². The van der Waals surface area contributed by atoms with Crippen LogP contribution in [0.2, 0.25) is 10.0 Å². The fourth-order valence-electron chi connectivity index (χ4n) is 2.46. The van der Waals surface area contributed by atoms with Crippen LogP contribution >= 0.6 is 23.2 Å². The maximum Gasteiger partial charge on any atom is 0.319 e. The van der Waals surface area contributed by atoms with Gasteiger partial charge in [-0.15, -0.1) is 0 Å². The Labute approximate surface area is 149 Å². The molecule has 0 spiro atoms. The van der Waals surface area contributed by atoms with Gasteiger partial charge in [-0.2, -0.15) is 0 Å². The molecule has 1 aliphatic heterocycles. The third-order valence-corrected chi connectivity index (χ3v) is 4.15. The second kappa shape index (κ2) is 7.20. The molecule has 2 amide bonds. The van der Waals surface area contributed by atoms with Crippen molar-refractivity contribution in [3.05, 3.63) is 52.0 Å². The van der Waals surface area contributed by atoms with Crippen LogP contribution in [0.25, 0.3) is 0 Å². The molecule has 3 rings (SSSR count). The lowest BCUT2D eigenvalue weighted by Crippen LogP contribution is -2.31. The number of rotatable bonds is 3. The van der Waals surface area contributed by atoms with E-state index in [1.807, 2.05) is 6.92 Å². The fraction of sp³-hybridized carbons (Fsp3) is 0.235. The van der Waals surface area contributed by atoms with Crippen LogP contribution in [-0.2, 0) is 0 Å². The van der Waals surface area contributed by atoms with Gasteiger partial charge in [0.05, 0.1) is 11.7 Å². The van der Waals surface area contributed by atoms with Gasteiger partial charge >= 0.3 is 6.03 Å². The van der Waals surface area contributed by atoms with Crippen molar-refractivity contribution >= 4 is 34.9 Å². The number of carbonyl (C=O) groups excluding carboxylic acids is 1. The highest BCUT2D eigenvalue weighted by Crippen LogP contribution is 2.37. The highest BCUT2D eigenvalue weighted by molar-refractivity contribution is 6.35. The normalized spacial score (nSPS) is 14.0. The zero-order chi connectivity index (χ0) is 17.1. The summed E-state index contributed by atoms with van der Waals surface area (Å²) in [6, 6.07) is 9.87. The van der Waals surface area contributed by atoms with E-state index in [-0.39, 0.29) is 12.1 Å². The minimum absolute atomic E-state index is 0.286. The second-order valence-electron chi connectivity index (χ2n) is 5.32. The van der Waals surface area contributed by atoms with E-state index in [1.165, 1.54) is 0 Å². The van der Waals surface area contributed by atoms with E-state index in [4.69, 9.17) is 32.7 Å². The summed E-state index contributed by atoms with van der Waals surface area (Å²) in [6.07, 6.45) is 0. The Morgan fingerprint density at radius 3 is 2.75 bits per heavy atom. The number of carbonyl (C=O) groups is 1. The van der Waals surface area contributed by atoms with Gasteiger partial charge in [-0.25, -0.2) is 4.79 Å². The molecular formula is C17H16Cl2N2O3. The van der Waals surface area contributed by atoms with Crippen molar-refractivity contribution in [3.63, 3.8) is 0 Å². The SMILES string of the molecule is CC(NC(=O)Nc1cccc2c1OCCO2)c1ccc(Cl)cc1Cl. The highest BCUT2D eigenvalue weighted by Gasteiger charge is 2.18. The first-order valence-electron chi connectivity index (χ1n) is 7.45. The second-order valence-corrected chi connectivity index (χ2v) is 6.16. The van der Waals surface area contributed by atoms with Crippen molar-refractivity contribution < 1.29 is 14.3 Å². The predicted molar refractivity (Wildman–Crippen MR) is 94.5 cm³/mol. The van der Waals surface area contributed by atoms with Gasteiger partial charge in [-0.05, 0) is 36.8 Å². The average molecular weight is 367 g/mol. The quantitative estimate of drug-likeness (QED) is 0.831. The number of halogens is 2. The fourth-order valence-corrected chi connectivity index (χ4v) is 3.03. The molecule has 1 heterocycles. The molecule has 5 nitrogen and oxygen atoms in total. The summed E-state index contributed by atoms with van der Waals surface area (Å²) in [7, 11) is 0. The van der Waals surface area contributed by atoms with E-state index in [1.54, 1.807) is 36.4 Å². The lowest BCUT2D eigenvalue weighted by atomic mass is 10.1. The Hall–Kier alpha value is -2.11. The molecule has 0 saturated carbocycles. The average Bonchev–Trinajstić information content (AvgIpc) is 2.55. The largest absolute Gasteiger partial charge is 0.486 e. The number of fused-ring (bicyclic) bond motifs is 1. The maximum atomic E-state index is 12.3. The summed E-state index contributed by atoms with van der Waals surface area (Å²) < 4.78 is 11.1. The van der Waals surface area contributed by atoms with Crippen molar-refractivity contribution in [2.75, 3.05) is 18.5 Å². The number of para-hydroxylation sites is 1. The Morgan fingerprint density at radius 1 is 1.17 bits per heavy atom. The van der Waals surface area contributed by atoms with Crippen molar-refractivity contribution in [1.82, 2.24) is 5.32 Å². The lowest BCUT2D eigenvalue weighted by molar-refractivity contribution is 0.172. The van der Waals surface area contributed by atoms with Gasteiger partial charge in [-0.3, -0.25) is 0 Å². The standard InChI is InChI=1S/C17H16Cl2N2O3/c1-10(12-6-5-11(18)9-13(12)19)20-17(22)21-14-3-2-4-15-16(14)24-8-7-23-15/h2-6,9-10H,7-8H2,1H3,(H2,20,21,22). The first-order chi connectivity index (χ1) is 11.5. The van der Waals surface area contributed by atoms with Gasteiger partial charge in [0.1, 0.15) is 13.2 Å². The van der Waals surface area contributed by atoms with Gasteiger partial charge < -0.3 is 20.1 Å². The van der Waals surface area contributed by atoms with Crippen molar-refractivity contribution in [2.45, 2.75) is 13.0 Å². The molecule has 1 aliphatic rings. The molecule has 2 aromatic rings. The molecule has 126 valence electrons. The third kappa shape index (κ3) is 3.68. The predicted octanol–water partition coefficient (Wildman–Crippen LogP) is 4.65. The summed E-state index contributed by atoms with van der Waals surface area (Å²) in [5, 5.41) is 6.67. The monoisotopic (exact) mass is 366 g/mol. The van der Waals surface area contributed by atoms with E-state index in [0.717, 1.165) is 5.56 Å². The molecule has 24 heavy (non-hydrogen) atoms. The van der Waals surface area contributed by atoms with E-state index in [2.05, 4.69) is 10.6 Å². The molecule has 0 aliphatic carbocycles. The summed E-state index contributed by atoms with van der Waals surface area (Å²) in [4.78, 5) is 12.3. The molecule has 2 aromatic carbocycles. The number of benzene rings is 2. The van der Waals surface area contributed by atoms with Crippen LogP contribution < -0.4 is 20.1 Å². The molecule has 7 heteroatoms. The molecule has 2 N–H and O–H groups in total. The molecule has 1 atom stereocenters. The van der Waals surface area contributed by atoms with Crippen LogP contribution in [0.15, 0.2) is 36.4 Å². The lowest BCUT2D eigenvalue weighted by Gasteiger charge is -2.22. The molecule has 0 radical (unpaired) electrons. The Kier molecular flexibility index (Phi) is 5.02. The number of hydrogen-bond acceptors (Lipinski definition) is 3. The smallest absolute Gasteiger partial charge is 0.319 e. The minimum Gasteiger partial charge on any atom is -0.486 e. The van der Waals surface area contributed by atoms with Crippen LogP contribution in [0.1, 0.15) is 18.5 Å². The van der Waals surface area contributed by atoms with Crippen LogP contribution in [-0.4, -0.2) is 19.2 Å². The van der Waals surface area contributed by atoms with Gasteiger partial charge in [0.2, 0.25) is 0 Å². The topological polar surface area (TPSA) is 59.6 Å². The Bertz CT molecular complexity index is 767. The van der Waals surface area contributed by atoms with Crippen molar-refractivity contribution in [3.8, 4) is 11.5 Å².